The Morgan fingerprint density at radius 2 is 1.92 bits per heavy atom. The number of nitrogen functional groups attached to an aromatic ring is 1. The number of carbonyl (C=O) groups excluding carboxylic acids is 1. The molecule has 1 fully saturated rings. The molecule has 6 nitrogen and oxygen atoms in total. The predicted octanol–water partition coefficient (Wildman–Crippen LogP) is 3.09. The van der Waals surface area contributed by atoms with Crippen molar-refractivity contribution in [2.75, 3.05) is 25.4 Å². The molecule has 6 heteroatoms. The number of aromatic nitrogens is 1. The number of hydrogen-bond acceptors (Lipinski definition) is 5. The number of rotatable bonds is 5. The summed E-state index contributed by atoms with van der Waals surface area (Å²) in [6.45, 7) is 2.33. The van der Waals surface area contributed by atoms with Crippen LogP contribution in [0.15, 0.2) is 48.7 Å². The second-order valence-corrected chi connectivity index (χ2v) is 6.20. The highest BCUT2D eigenvalue weighted by Crippen LogP contribution is 2.20. The average molecular weight is 341 g/mol. The van der Waals surface area contributed by atoms with Crippen molar-refractivity contribution in [1.29, 1.82) is 0 Å². The summed E-state index contributed by atoms with van der Waals surface area (Å²) in [5, 5.41) is 0. The number of nitrogens with zero attached hydrogens (tertiary/aromatic N) is 2. The second-order valence-electron chi connectivity index (χ2n) is 6.20. The minimum absolute atomic E-state index is 0.244. The molecule has 2 N–H and O–H groups in total. The molecule has 2 heterocycles. The predicted molar refractivity (Wildman–Crippen MR) is 95.1 cm³/mol. The molecule has 1 saturated heterocycles. The lowest BCUT2D eigenvalue weighted by Gasteiger charge is -2.31. The zero-order valence-corrected chi connectivity index (χ0v) is 14.1. The van der Waals surface area contributed by atoms with Crippen LogP contribution in [0, 0.1) is 5.92 Å². The summed E-state index contributed by atoms with van der Waals surface area (Å²) >= 11 is 0. The van der Waals surface area contributed by atoms with E-state index in [2.05, 4.69) is 4.98 Å². The van der Waals surface area contributed by atoms with Gasteiger partial charge in [0.1, 0.15) is 18.2 Å². The molecule has 3 rings (SSSR count). The van der Waals surface area contributed by atoms with Crippen LogP contribution in [0.1, 0.15) is 18.4 Å². The number of ether oxygens (including phenoxy) is 2. The molecule has 1 aliphatic heterocycles. The fourth-order valence-electron chi connectivity index (χ4n) is 2.78. The molecule has 0 bridgehead atoms. The number of likely N-dealkylation sites (tertiary alicyclic amines) is 1. The van der Waals surface area contributed by atoms with Crippen LogP contribution >= 0.6 is 0 Å². The lowest BCUT2D eigenvalue weighted by atomic mass is 9.98. The third kappa shape index (κ3) is 5.11. The second kappa shape index (κ2) is 8.37. The van der Waals surface area contributed by atoms with Gasteiger partial charge in [-0.25, -0.2) is 9.78 Å². The van der Waals surface area contributed by atoms with E-state index in [1.165, 1.54) is 0 Å². The Morgan fingerprint density at radius 3 is 2.60 bits per heavy atom. The fourth-order valence-corrected chi connectivity index (χ4v) is 2.78. The Kier molecular flexibility index (Phi) is 5.72. The molecule has 0 unspecified atom stereocenters. The van der Waals surface area contributed by atoms with Crippen LogP contribution in [-0.4, -0.2) is 35.7 Å². The van der Waals surface area contributed by atoms with Gasteiger partial charge in [-0.1, -0.05) is 30.3 Å². The Balaban J connectivity index is 1.37. The van der Waals surface area contributed by atoms with Gasteiger partial charge < -0.3 is 20.1 Å². The average Bonchev–Trinajstić information content (AvgIpc) is 2.67. The van der Waals surface area contributed by atoms with E-state index >= 15 is 0 Å². The molecule has 0 spiro atoms. The van der Waals surface area contributed by atoms with Crippen molar-refractivity contribution in [3.05, 3.63) is 54.2 Å². The number of carbonyl (C=O) groups is 1. The van der Waals surface area contributed by atoms with Crippen LogP contribution in [0.4, 0.5) is 10.6 Å². The zero-order chi connectivity index (χ0) is 17.5. The van der Waals surface area contributed by atoms with E-state index in [4.69, 9.17) is 15.2 Å². The number of pyridine rings is 1. The third-order valence-electron chi connectivity index (χ3n) is 4.32. The molecule has 0 saturated carbocycles. The van der Waals surface area contributed by atoms with Gasteiger partial charge in [-0.05, 0) is 36.5 Å². The SMILES string of the molecule is Nc1ccc(OCC2CCN(C(=O)OCc3ccccc3)CC2)cn1. The summed E-state index contributed by atoms with van der Waals surface area (Å²) in [5.41, 5.74) is 6.55. The van der Waals surface area contributed by atoms with Gasteiger partial charge in [0.15, 0.2) is 0 Å². The quantitative estimate of drug-likeness (QED) is 0.904. The Bertz CT molecular complexity index is 668. The monoisotopic (exact) mass is 341 g/mol. The molecule has 132 valence electrons. The molecule has 0 atom stereocenters. The largest absolute Gasteiger partial charge is 0.492 e. The summed E-state index contributed by atoms with van der Waals surface area (Å²) in [6.07, 6.45) is 3.20. The first-order valence-corrected chi connectivity index (χ1v) is 8.50. The van der Waals surface area contributed by atoms with Gasteiger partial charge >= 0.3 is 6.09 Å². The van der Waals surface area contributed by atoms with E-state index in [9.17, 15) is 4.79 Å². The lowest BCUT2D eigenvalue weighted by Crippen LogP contribution is -2.39. The van der Waals surface area contributed by atoms with E-state index in [1.54, 1.807) is 17.2 Å². The molecule has 1 aromatic carbocycles. The zero-order valence-electron chi connectivity index (χ0n) is 14.1. The van der Waals surface area contributed by atoms with Crippen molar-refractivity contribution in [3.8, 4) is 5.75 Å². The van der Waals surface area contributed by atoms with E-state index in [-0.39, 0.29) is 6.09 Å². The minimum Gasteiger partial charge on any atom is -0.492 e. The third-order valence-corrected chi connectivity index (χ3v) is 4.32. The number of piperidine rings is 1. The Labute approximate surface area is 147 Å². The Morgan fingerprint density at radius 1 is 1.16 bits per heavy atom. The van der Waals surface area contributed by atoms with Crippen molar-refractivity contribution in [2.45, 2.75) is 19.4 Å². The van der Waals surface area contributed by atoms with Crippen LogP contribution in [0.2, 0.25) is 0 Å². The number of nitrogens with two attached hydrogens (primary N) is 1. The van der Waals surface area contributed by atoms with Gasteiger partial charge in [-0.3, -0.25) is 0 Å². The van der Waals surface area contributed by atoms with Crippen molar-refractivity contribution < 1.29 is 14.3 Å². The maximum Gasteiger partial charge on any atom is 0.410 e. The van der Waals surface area contributed by atoms with Gasteiger partial charge in [0, 0.05) is 13.1 Å². The van der Waals surface area contributed by atoms with Crippen molar-refractivity contribution >= 4 is 11.9 Å². The van der Waals surface area contributed by atoms with Gasteiger partial charge in [0.05, 0.1) is 12.8 Å². The first-order chi connectivity index (χ1) is 12.2. The summed E-state index contributed by atoms with van der Waals surface area (Å²) in [4.78, 5) is 17.9. The van der Waals surface area contributed by atoms with Crippen molar-refractivity contribution in [2.24, 2.45) is 5.92 Å². The normalized spacial score (nSPS) is 15.0. The Hall–Kier alpha value is -2.76. The highest BCUT2D eigenvalue weighted by molar-refractivity contribution is 5.67. The molecule has 1 aliphatic rings. The van der Waals surface area contributed by atoms with Gasteiger partial charge in [0.2, 0.25) is 0 Å². The summed E-state index contributed by atoms with van der Waals surface area (Å²) in [6, 6.07) is 13.3. The van der Waals surface area contributed by atoms with E-state index < -0.39 is 0 Å². The van der Waals surface area contributed by atoms with Gasteiger partial charge in [-0.2, -0.15) is 0 Å². The number of amides is 1. The maximum atomic E-state index is 12.1. The van der Waals surface area contributed by atoms with Gasteiger partial charge in [-0.15, -0.1) is 0 Å². The summed E-state index contributed by atoms with van der Waals surface area (Å²) in [7, 11) is 0. The van der Waals surface area contributed by atoms with Crippen LogP contribution in [0.5, 0.6) is 5.75 Å². The summed E-state index contributed by atoms with van der Waals surface area (Å²) in [5.74, 6) is 1.63. The highest BCUT2D eigenvalue weighted by Gasteiger charge is 2.24. The van der Waals surface area contributed by atoms with E-state index in [0.717, 1.165) is 24.2 Å². The molecule has 0 radical (unpaired) electrons. The van der Waals surface area contributed by atoms with Crippen LogP contribution in [0.25, 0.3) is 0 Å². The first kappa shape index (κ1) is 17.1. The number of anilines is 1. The van der Waals surface area contributed by atoms with Crippen LogP contribution < -0.4 is 10.5 Å². The van der Waals surface area contributed by atoms with Gasteiger partial charge in [0.25, 0.3) is 0 Å². The molecular weight excluding hydrogens is 318 g/mol. The number of benzene rings is 1. The standard InChI is InChI=1S/C19H23N3O3/c20-18-7-6-17(12-21-18)24-13-16-8-10-22(11-9-16)19(23)25-14-15-4-2-1-3-5-15/h1-7,12,16H,8-11,13-14H2,(H2,20,21). The van der Waals surface area contributed by atoms with Crippen LogP contribution in [0.3, 0.4) is 0 Å². The van der Waals surface area contributed by atoms with E-state index in [1.807, 2.05) is 36.4 Å². The lowest BCUT2D eigenvalue weighted by molar-refractivity contribution is 0.0761. The maximum absolute atomic E-state index is 12.1. The van der Waals surface area contributed by atoms with Crippen molar-refractivity contribution in [3.63, 3.8) is 0 Å². The molecular formula is C19H23N3O3. The van der Waals surface area contributed by atoms with Crippen molar-refractivity contribution in [1.82, 2.24) is 9.88 Å². The topological polar surface area (TPSA) is 77.7 Å². The minimum atomic E-state index is -0.244. The smallest absolute Gasteiger partial charge is 0.410 e. The summed E-state index contributed by atoms with van der Waals surface area (Å²) < 4.78 is 11.1. The molecule has 25 heavy (non-hydrogen) atoms. The molecule has 1 amide bonds. The molecule has 1 aromatic heterocycles. The molecule has 0 aliphatic carbocycles. The highest BCUT2D eigenvalue weighted by atomic mass is 16.6. The van der Waals surface area contributed by atoms with Crippen LogP contribution in [-0.2, 0) is 11.3 Å². The molecule has 2 aromatic rings. The number of hydrogen-bond donors (Lipinski definition) is 1. The first-order valence-electron chi connectivity index (χ1n) is 8.50. The van der Waals surface area contributed by atoms with E-state index in [0.29, 0.717) is 38.0 Å². The fraction of sp³-hybridized carbons (Fsp3) is 0.368.